The molecular weight excluding hydrogens is 440 g/mol. The van der Waals surface area contributed by atoms with Crippen molar-refractivity contribution in [1.29, 1.82) is 0 Å². The summed E-state index contributed by atoms with van der Waals surface area (Å²) in [6, 6.07) is 15.1. The third-order valence-electron chi connectivity index (χ3n) is 6.31. The van der Waals surface area contributed by atoms with Crippen LogP contribution in [-0.2, 0) is 4.79 Å². The van der Waals surface area contributed by atoms with Crippen molar-refractivity contribution in [3.8, 4) is 22.3 Å². The van der Waals surface area contributed by atoms with E-state index in [0.717, 1.165) is 48.2 Å². The van der Waals surface area contributed by atoms with Gasteiger partial charge in [-0.15, -0.1) is 0 Å². The Morgan fingerprint density at radius 1 is 0.971 bits per heavy atom. The second-order valence-electron chi connectivity index (χ2n) is 8.56. The Hall–Kier alpha value is -4.46. The molecule has 2 amide bonds. The molecule has 5 rings (SSSR count). The van der Waals surface area contributed by atoms with Gasteiger partial charge in [-0.25, -0.2) is 9.50 Å². The Kier molecular flexibility index (Phi) is 6.01. The third kappa shape index (κ3) is 4.38. The van der Waals surface area contributed by atoms with E-state index in [1.54, 1.807) is 4.52 Å². The lowest BCUT2D eigenvalue weighted by atomic mass is 9.96. The molecule has 0 saturated carbocycles. The zero-order chi connectivity index (χ0) is 24.4. The van der Waals surface area contributed by atoms with Gasteiger partial charge in [-0.2, -0.15) is 5.10 Å². The van der Waals surface area contributed by atoms with Gasteiger partial charge < -0.3 is 16.0 Å². The summed E-state index contributed by atoms with van der Waals surface area (Å²) in [4.78, 5) is 30.7. The first-order valence-electron chi connectivity index (χ1n) is 11.6. The molecule has 2 aromatic carbocycles. The molecule has 8 nitrogen and oxygen atoms in total. The van der Waals surface area contributed by atoms with E-state index in [0.29, 0.717) is 22.6 Å². The molecule has 2 aromatic heterocycles. The number of carbonyl (C=O) groups is 2. The molecule has 8 heteroatoms. The smallest absolute Gasteiger partial charge is 0.253 e. The molecule has 35 heavy (non-hydrogen) atoms. The van der Waals surface area contributed by atoms with E-state index in [4.69, 9.17) is 5.73 Å². The molecule has 0 bridgehead atoms. The second-order valence-corrected chi connectivity index (χ2v) is 8.56. The monoisotopic (exact) mass is 466 g/mol. The third-order valence-corrected chi connectivity index (χ3v) is 6.31. The van der Waals surface area contributed by atoms with Crippen molar-refractivity contribution in [1.82, 2.24) is 19.5 Å². The molecule has 0 aliphatic carbocycles. The van der Waals surface area contributed by atoms with Crippen LogP contribution in [-0.4, -0.2) is 44.4 Å². The average molecular weight is 467 g/mol. The SMILES string of the molecule is C=CC(=O)Nc1ccc(-c2cn3ncnc(N)c3c2-c2ccc(C(=O)N3CCCCC3)cc2)cc1. The highest BCUT2D eigenvalue weighted by Gasteiger charge is 2.21. The van der Waals surface area contributed by atoms with E-state index in [1.165, 1.54) is 18.8 Å². The van der Waals surface area contributed by atoms with Crippen molar-refractivity contribution in [2.24, 2.45) is 0 Å². The number of likely N-dealkylation sites (tertiary alicyclic amines) is 1. The van der Waals surface area contributed by atoms with Crippen LogP contribution >= 0.6 is 0 Å². The van der Waals surface area contributed by atoms with Gasteiger partial charge in [-0.05, 0) is 60.7 Å². The van der Waals surface area contributed by atoms with Gasteiger partial charge in [0.25, 0.3) is 5.91 Å². The highest BCUT2D eigenvalue weighted by Crippen LogP contribution is 2.39. The minimum absolute atomic E-state index is 0.0678. The first kappa shape index (κ1) is 22.3. The van der Waals surface area contributed by atoms with Gasteiger partial charge in [-0.1, -0.05) is 30.8 Å². The van der Waals surface area contributed by atoms with Crippen LogP contribution in [0.4, 0.5) is 11.5 Å². The van der Waals surface area contributed by atoms with Crippen molar-refractivity contribution in [3.05, 3.63) is 79.3 Å². The minimum Gasteiger partial charge on any atom is -0.382 e. The van der Waals surface area contributed by atoms with Gasteiger partial charge in [0.05, 0.1) is 0 Å². The predicted molar refractivity (Wildman–Crippen MR) is 137 cm³/mol. The molecule has 0 unspecified atom stereocenters. The predicted octanol–water partition coefficient (Wildman–Crippen LogP) is 4.40. The quantitative estimate of drug-likeness (QED) is 0.424. The van der Waals surface area contributed by atoms with Crippen molar-refractivity contribution in [2.45, 2.75) is 19.3 Å². The first-order chi connectivity index (χ1) is 17.0. The van der Waals surface area contributed by atoms with E-state index in [1.807, 2.05) is 59.6 Å². The van der Waals surface area contributed by atoms with Gasteiger partial charge in [0.1, 0.15) is 11.8 Å². The van der Waals surface area contributed by atoms with Gasteiger partial charge in [0.15, 0.2) is 5.82 Å². The van der Waals surface area contributed by atoms with Crippen molar-refractivity contribution in [2.75, 3.05) is 24.1 Å². The van der Waals surface area contributed by atoms with Crippen LogP contribution in [0.15, 0.2) is 73.7 Å². The number of benzene rings is 2. The molecule has 176 valence electrons. The second kappa shape index (κ2) is 9.42. The van der Waals surface area contributed by atoms with Gasteiger partial charge in [0.2, 0.25) is 5.91 Å². The summed E-state index contributed by atoms with van der Waals surface area (Å²) in [5, 5.41) is 7.10. The Morgan fingerprint density at radius 3 is 2.34 bits per heavy atom. The van der Waals surface area contributed by atoms with Crippen LogP contribution in [0, 0.1) is 0 Å². The number of hydrogen-bond donors (Lipinski definition) is 2. The highest BCUT2D eigenvalue weighted by atomic mass is 16.2. The van der Waals surface area contributed by atoms with E-state index < -0.39 is 0 Å². The fraction of sp³-hybridized carbons (Fsp3) is 0.185. The Balaban J connectivity index is 1.54. The number of nitrogens with zero attached hydrogens (tertiary/aromatic N) is 4. The van der Waals surface area contributed by atoms with Crippen LogP contribution in [0.5, 0.6) is 0 Å². The number of fused-ring (bicyclic) bond motifs is 1. The van der Waals surface area contributed by atoms with E-state index >= 15 is 0 Å². The number of nitrogens with one attached hydrogen (secondary N) is 1. The average Bonchev–Trinajstić information content (AvgIpc) is 3.30. The van der Waals surface area contributed by atoms with Crippen LogP contribution in [0.2, 0.25) is 0 Å². The maximum Gasteiger partial charge on any atom is 0.253 e. The lowest BCUT2D eigenvalue weighted by Gasteiger charge is -2.26. The number of amides is 2. The minimum atomic E-state index is -0.268. The zero-order valence-electron chi connectivity index (χ0n) is 19.3. The molecule has 1 saturated heterocycles. The zero-order valence-corrected chi connectivity index (χ0v) is 19.3. The maximum absolute atomic E-state index is 12.9. The number of piperidine rings is 1. The fourth-order valence-corrected chi connectivity index (χ4v) is 4.53. The lowest BCUT2D eigenvalue weighted by molar-refractivity contribution is -0.111. The first-order valence-corrected chi connectivity index (χ1v) is 11.6. The molecule has 1 fully saturated rings. The van der Waals surface area contributed by atoms with Crippen molar-refractivity contribution >= 4 is 28.8 Å². The summed E-state index contributed by atoms with van der Waals surface area (Å²) < 4.78 is 1.72. The maximum atomic E-state index is 12.9. The Bertz CT molecular complexity index is 1400. The molecule has 3 N–H and O–H groups in total. The fourth-order valence-electron chi connectivity index (χ4n) is 4.53. The number of anilines is 2. The lowest BCUT2D eigenvalue weighted by Crippen LogP contribution is -2.35. The van der Waals surface area contributed by atoms with Crippen molar-refractivity contribution in [3.63, 3.8) is 0 Å². The van der Waals surface area contributed by atoms with Crippen LogP contribution in [0.3, 0.4) is 0 Å². The van der Waals surface area contributed by atoms with E-state index in [2.05, 4.69) is 22.0 Å². The Morgan fingerprint density at radius 2 is 1.66 bits per heavy atom. The molecule has 0 spiro atoms. The molecule has 3 heterocycles. The van der Waals surface area contributed by atoms with E-state index in [-0.39, 0.29) is 11.8 Å². The van der Waals surface area contributed by atoms with Crippen LogP contribution in [0.25, 0.3) is 27.8 Å². The molecular formula is C27H26N6O2. The molecule has 1 aliphatic rings. The number of carbonyl (C=O) groups excluding carboxylic acids is 2. The molecule has 0 radical (unpaired) electrons. The number of aromatic nitrogens is 3. The highest BCUT2D eigenvalue weighted by molar-refractivity contribution is 6.01. The summed E-state index contributed by atoms with van der Waals surface area (Å²) in [6.07, 6.45) is 7.85. The van der Waals surface area contributed by atoms with E-state index in [9.17, 15) is 9.59 Å². The van der Waals surface area contributed by atoms with Gasteiger partial charge >= 0.3 is 0 Å². The normalized spacial score (nSPS) is 13.5. The van der Waals surface area contributed by atoms with Gasteiger partial charge in [-0.3, -0.25) is 9.59 Å². The summed E-state index contributed by atoms with van der Waals surface area (Å²) >= 11 is 0. The van der Waals surface area contributed by atoms with Crippen LogP contribution in [0.1, 0.15) is 29.6 Å². The van der Waals surface area contributed by atoms with Gasteiger partial charge in [0, 0.05) is 41.7 Å². The summed E-state index contributed by atoms with van der Waals surface area (Å²) in [5.74, 6) is 0.165. The summed E-state index contributed by atoms with van der Waals surface area (Å²) in [5.41, 5.74) is 11.9. The number of hydrogen-bond acceptors (Lipinski definition) is 5. The molecule has 0 atom stereocenters. The summed E-state index contributed by atoms with van der Waals surface area (Å²) in [6.45, 7) is 5.10. The largest absolute Gasteiger partial charge is 0.382 e. The number of nitrogens with two attached hydrogens (primary N) is 1. The standard InChI is InChI=1S/C27H26N6O2/c1-2-23(34)31-21-12-10-18(11-13-21)22-16-33-25(26(28)29-17-30-33)24(22)19-6-8-20(9-7-19)27(35)32-14-4-3-5-15-32/h2,6-13,16-17H,1,3-5,14-15H2,(H,31,34)(H2,28,29,30). The number of rotatable bonds is 5. The molecule has 4 aromatic rings. The van der Waals surface area contributed by atoms with Crippen molar-refractivity contribution < 1.29 is 9.59 Å². The summed E-state index contributed by atoms with van der Waals surface area (Å²) in [7, 11) is 0. The van der Waals surface area contributed by atoms with Crippen LogP contribution < -0.4 is 11.1 Å². The topological polar surface area (TPSA) is 106 Å². The molecule has 1 aliphatic heterocycles. The Labute approximate surface area is 203 Å². The number of nitrogen functional groups attached to an aromatic ring is 1.